The lowest BCUT2D eigenvalue weighted by atomic mass is 10.2. The number of hydrogen-bond acceptors (Lipinski definition) is 5. The quantitative estimate of drug-likeness (QED) is 0.797. The molecule has 0 amide bonds. The summed E-state index contributed by atoms with van der Waals surface area (Å²) in [5.74, 6) is 0. The van der Waals surface area contributed by atoms with E-state index in [2.05, 4.69) is 4.72 Å². The maximum atomic E-state index is 12.0. The Morgan fingerprint density at radius 1 is 1.58 bits per heavy atom. The van der Waals surface area contributed by atoms with E-state index in [9.17, 15) is 8.42 Å². The van der Waals surface area contributed by atoms with Crippen molar-refractivity contribution in [3.05, 3.63) is 28.8 Å². The molecule has 0 heterocycles. The molecule has 6 nitrogen and oxygen atoms in total. The Labute approximate surface area is 116 Å². The fourth-order valence-corrected chi connectivity index (χ4v) is 2.89. The second kappa shape index (κ2) is 6.84. The molecule has 1 aromatic rings. The van der Waals surface area contributed by atoms with Crippen molar-refractivity contribution in [1.82, 2.24) is 4.72 Å². The van der Waals surface area contributed by atoms with Crippen LogP contribution in [0.4, 0.5) is 0 Å². The molecule has 19 heavy (non-hydrogen) atoms. The Balaban J connectivity index is 3.01. The topological polar surface area (TPSA) is 99.4 Å². The average Bonchev–Trinajstić information content (AvgIpc) is 2.37. The molecule has 0 aromatic heterocycles. The zero-order valence-corrected chi connectivity index (χ0v) is 11.7. The van der Waals surface area contributed by atoms with Crippen LogP contribution in [0, 0.1) is 11.3 Å². The number of benzene rings is 1. The van der Waals surface area contributed by atoms with E-state index in [-0.39, 0.29) is 22.1 Å². The van der Waals surface area contributed by atoms with Crippen molar-refractivity contribution < 1.29 is 18.3 Å². The Bertz CT molecular complexity index is 583. The Morgan fingerprint density at radius 2 is 2.26 bits per heavy atom. The van der Waals surface area contributed by atoms with Crippen LogP contribution in [-0.2, 0) is 14.8 Å². The van der Waals surface area contributed by atoms with Gasteiger partial charge in [0.25, 0.3) is 0 Å². The second-order valence-corrected chi connectivity index (χ2v) is 5.83. The molecular weight excluding hydrogens is 292 g/mol. The lowest BCUT2D eigenvalue weighted by molar-refractivity contribution is 0.139. The molecule has 0 radical (unpaired) electrons. The van der Waals surface area contributed by atoms with Gasteiger partial charge in [0, 0.05) is 7.11 Å². The van der Waals surface area contributed by atoms with Crippen LogP contribution in [-0.4, -0.2) is 39.9 Å². The number of nitrogens with one attached hydrogen (secondary N) is 1. The Hall–Kier alpha value is -1.17. The molecule has 1 aromatic carbocycles. The molecule has 1 unspecified atom stereocenters. The minimum Gasteiger partial charge on any atom is -0.395 e. The summed E-state index contributed by atoms with van der Waals surface area (Å²) in [6, 6.07) is 4.87. The van der Waals surface area contributed by atoms with Gasteiger partial charge in [-0.05, 0) is 18.2 Å². The minimum absolute atomic E-state index is 0.0414. The number of aliphatic hydroxyl groups excluding tert-OH is 1. The summed E-state index contributed by atoms with van der Waals surface area (Å²) in [7, 11) is -2.43. The van der Waals surface area contributed by atoms with E-state index in [1.54, 1.807) is 0 Å². The number of nitriles is 1. The van der Waals surface area contributed by atoms with Crippen molar-refractivity contribution in [1.29, 1.82) is 5.26 Å². The molecule has 0 aliphatic rings. The predicted molar refractivity (Wildman–Crippen MR) is 69.2 cm³/mol. The first-order chi connectivity index (χ1) is 8.94. The van der Waals surface area contributed by atoms with Crippen molar-refractivity contribution >= 4 is 21.6 Å². The van der Waals surface area contributed by atoms with Crippen molar-refractivity contribution in [3.8, 4) is 6.07 Å². The van der Waals surface area contributed by atoms with Crippen molar-refractivity contribution in [3.63, 3.8) is 0 Å². The third kappa shape index (κ3) is 4.16. The van der Waals surface area contributed by atoms with Gasteiger partial charge >= 0.3 is 0 Å². The van der Waals surface area contributed by atoms with Crippen LogP contribution in [0.15, 0.2) is 23.1 Å². The van der Waals surface area contributed by atoms with Crippen LogP contribution in [0.25, 0.3) is 0 Å². The number of nitrogens with zero attached hydrogens (tertiary/aromatic N) is 1. The van der Waals surface area contributed by atoms with Crippen LogP contribution < -0.4 is 4.72 Å². The van der Waals surface area contributed by atoms with Crippen molar-refractivity contribution in [2.45, 2.75) is 10.9 Å². The summed E-state index contributed by atoms with van der Waals surface area (Å²) in [5, 5.41) is 17.8. The van der Waals surface area contributed by atoms with Gasteiger partial charge in [0.15, 0.2) is 0 Å². The van der Waals surface area contributed by atoms with Crippen LogP contribution in [0.2, 0.25) is 5.02 Å². The number of aliphatic hydroxyl groups is 1. The lowest BCUT2D eigenvalue weighted by Crippen LogP contribution is -2.40. The SMILES string of the molecule is COCC(CO)NS(=O)(=O)c1ccc(C#N)c(Cl)c1. The molecule has 0 aliphatic carbocycles. The van der Waals surface area contributed by atoms with Crippen molar-refractivity contribution in [2.75, 3.05) is 20.3 Å². The molecular formula is C11H13ClN2O4S. The molecule has 0 spiro atoms. The number of halogens is 1. The first kappa shape index (κ1) is 15.9. The summed E-state index contributed by atoms with van der Waals surface area (Å²) >= 11 is 5.78. The average molecular weight is 305 g/mol. The molecule has 0 fully saturated rings. The van der Waals surface area contributed by atoms with E-state index in [1.165, 1.54) is 25.3 Å². The highest BCUT2D eigenvalue weighted by molar-refractivity contribution is 7.89. The molecule has 0 aliphatic heterocycles. The molecule has 1 rings (SSSR count). The molecule has 0 saturated carbocycles. The zero-order chi connectivity index (χ0) is 14.5. The lowest BCUT2D eigenvalue weighted by Gasteiger charge is -2.15. The van der Waals surface area contributed by atoms with E-state index >= 15 is 0 Å². The van der Waals surface area contributed by atoms with Gasteiger partial charge in [-0.3, -0.25) is 0 Å². The fraction of sp³-hybridized carbons (Fsp3) is 0.364. The second-order valence-electron chi connectivity index (χ2n) is 3.71. The number of hydrogen-bond donors (Lipinski definition) is 2. The summed E-state index contributed by atoms with van der Waals surface area (Å²) in [4.78, 5) is -0.0777. The van der Waals surface area contributed by atoms with Gasteiger partial charge in [0.1, 0.15) is 6.07 Å². The molecule has 0 bridgehead atoms. The van der Waals surface area contributed by atoms with E-state index in [0.29, 0.717) is 0 Å². The standard InChI is InChI=1S/C11H13ClN2O4S/c1-18-7-9(6-15)14-19(16,17)10-3-2-8(5-13)11(12)4-10/h2-4,9,14-15H,6-7H2,1H3. The summed E-state index contributed by atoms with van der Waals surface area (Å²) in [6.07, 6.45) is 0. The fourth-order valence-electron chi connectivity index (χ4n) is 1.37. The van der Waals surface area contributed by atoms with Gasteiger partial charge in [-0.25, -0.2) is 13.1 Å². The summed E-state index contributed by atoms with van der Waals surface area (Å²) < 4.78 is 31.1. The number of sulfonamides is 1. The predicted octanol–water partition coefficient (Wildman–Crippen LogP) is 0.497. The highest BCUT2D eigenvalue weighted by Gasteiger charge is 2.20. The number of ether oxygens (including phenoxy) is 1. The third-order valence-corrected chi connectivity index (χ3v) is 4.11. The van der Waals surface area contributed by atoms with E-state index in [4.69, 9.17) is 26.7 Å². The van der Waals surface area contributed by atoms with Gasteiger partial charge in [0.2, 0.25) is 10.0 Å². The Morgan fingerprint density at radius 3 is 2.74 bits per heavy atom. The number of methoxy groups -OCH3 is 1. The monoisotopic (exact) mass is 304 g/mol. The van der Waals surface area contributed by atoms with E-state index in [0.717, 1.165) is 0 Å². The number of rotatable bonds is 6. The van der Waals surface area contributed by atoms with Gasteiger partial charge in [-0.15, -0.1) is 0 Å². The van der Waals surface area contributed by atoms with Gasteiger partial charge < -0.3 is 9.84 Å². The molecule has 104 valence electrons. The minimum atomic E-state index is -3.83. The first-order valence-corrected chi connectivity index (χ1v) is 7.12. The van der Waals surface area contributed by atoms with E-state index in [1.807, 2.05) is 6.07 Å². The summed E-state index contributed by atoms with van der Waals surface area (Å²) in [6.45, 7) is -0.350. The molecule has 0 saturated heterocycles. The third-order valence-electron chi connectivity index (χ3n) is 2.28. The zero-order valence-electron chi connectivity index (χ0n) is 10.1. The first-order valence-electron chi connectivity index (χ1n) is 5.26. The molecule has 2 N–H and O–H groups in total. The maximum Gasteiger partial charge on any atom is 0.241 e. The van der Waals surface area contributed by atoms with Crippen LogP contribution in [0.1, 0.15) is 5.56 Å². The van der Waals surface area contributed by atoms with E-state index < -0.39 is 22.7 Å². The van der Waals surface area contributed by atoms with Crippen molar-refractivity contribution in [2.24, 2.45) is 0 Å². The Kier molecular flexibility index (Phi) is 5.72. The van der Waals surface area contributed by atoms with Gasteiger partial charge in [-0.2, -0.15) is 5.26 Å². The van der Waals surface area contributed by atoms with Crippen LogP contribution in [0.3, 0.4) is 0 Å². The van der Waals surface area contributed by atoms with Crippen LogP contribution in [0.5, 0.6) is 0 Å². The smallest absolute Gasteiger partial charge is 0.241 e. The molecule has 1 atom stereocenters. The molecule has 8 heteroatoms. The largest absolute Gasteiger partial charge is 0.395 e. The highest BCUT2D eigenvalue weighted by atomic mass is 35.5. The normalized spacial score (nSPS) is 12.9. The summed E-state index contributed by atoms with van der Waals surface area (Å²) in [5.41, 5.74) is 0.191. The van der Waals surface area contributed by atoms with Gasteiger partial charge in [-0.1, -0.05) is 11.6 Å². The van der Waals surface area contributed by atoms with Crippen LogP contribution >= 0.6 is 11.6 Å². The highest BCUT2D eigenvalue weighted by Crippen LogP contribution is 2.20. The van der Waals surface area contributed by atoms with Gasteiger partial charge in [0.05, 0.1) is 34.7 Å². The maximum absolute atomic E-state index is 12.0.